The molecule has 1 fully saturated rings. The van der Waals surface area contributed by atoms with Gasteiger partial charge in [0, 0.05) is 17.9 Å². The lowest BCUT2D eigenvalue weighted by atomic mass is 9.75. The van der Waals surface area contributed by atoms with Crippen LogP contribution in [0.4, 0.5) is 26.3 Å². The average molecular weight is 394 g/mol. The van der Waals surface area contributed by atoms with E-state index in [-0.39, 0.29) is 30.3 Å². The maximum Gasteiger partial charge on any atom is 0.573 e. The number of ether oxygens (including phenoxy) is 2. The molecule has 150 valence electrons. The molecule has 0 N–H and O–H groups in total. The summed E-state index contributed by atoms with van der Waals surface area (Å²) in [6, 6.07) is 1.17. The molecule has 2 aliphatic rings. The number of hydrogen-bond acceptors (Lipinski definition) is 2. The van der Waals surface area contributed by atoms with Crippen molar-refractivity contribution in [2.24, 2.45) is 17.8 Å². The van der Waals surface area contributed by atoms with Gasteiger partial charge in [0.05, 0.1) is 6.61 Å². The Kier molecular flexibility index (Phi) is 5.63. The van der Waals surface area contributed by atoms with Gasteiger partial charge in [-0.25, -0.2) is 13.2 Å². The zero-order valence-corrected chi connectivity index (χ0v) is 14.7. The summed E-state index contributed by atoms with van der Waals surface area (Å²) in [4.78, 5) is 0. The molecule has 0 saturated heterocycles. The van der Waals surface area contributed by atoms with Crippen LogP contribution in [-0.4, -0.2) is 13.0 Å². The Hall–Kier alpha value is -1.86. The van der Waals surface area contributed by atoms with Crippen molar-refractivity contribution >= 4 is 5.76 Å². The van der Waals surface area contributed by atoms with Crippen molar-refractivity contribution in [2.75, 3.05) is 6.61 Å². The van der Waals surface area contributed by atoms with Gasteiger partial charge in [0.1, 0.15) is 5.83 Å². The molecule has 2 nitrogen and oxygen atoms in total. The fourth-order valence-corrected chi connectivity index (χ4v) is 3.85. The Labute approximate surface area is 153 Å². The predicted molar refractivity (Wildman–Crippen MR) is 86.3 cm³/mol. The van der Waals surface area contributed by atoms with Crippen LogP contribution in [0.1, 0.15) is 44.6 Å². The zero-order chi connectivity index (χ0) is 19.8. The first-order chi connectivity index (χ1) is 12.6. The Morgan fingerprint density at radius 1 is 0.963 bits per heavy atom. The SMILES string of the molecule is CC1CCC(C2COC(c3cc(F)c(OC(F)(F)F)c(F)c3)=C(F)C2)CC1. The van der Waals surface area contributed by atoms with E-state index in [1.54, 1.807) is 0 Å². The van der Waals surface area contributed by atoms with E-state index in [1.807, 2.05) is 0 Å². The molecule has 1 unspecified atom stereocenters. The van der Waals surface area contributed by atoms with Crippen LogP contribution < -0.4 is 4.74 Å². The van der Waals surface area contributed by atoms with Gasteiger partial charge < -0.3 is 9.47 Å². The van der Waals surface area contributed by atoms with Gasteiger partial charge in [0.25, 0.3) is 0 Å². The lowest BCUT2D eigenvalue weighted by Crippen LogP contribution is -2.27. The number of halogens is 6. The highest BCUT2D eigenvalue weighted by molar-refractivity contribution is 5.63. The second-order valence-electron chi connectivity index (χ2n) is 7.35. The molecule has 0 radical (unpaired) electrons. The van der Waals surface area contributed by atoms with E-state index in [1.165, 1.54) is 0 Å². The molecule has 0 amide bonds. The van der Waals surface area contributed by atoms with E-state index < -0.39 is 29.6 Å². The molecular formula is C19H20F6O2. The molecule has 1 saturated carbocycles. The van der Waals surface area contributed by atoms with Crippen molar-refractivity contribution in [3.05, 3.63) is 35.2 Å². The zero-order valence-electron chi connectivity index (χ0n) is 14.7. The van der Waals surface area contributed by atoms with Crippen LogP contribution in [0.3, 0.4) is 0 Å². The molecule has 3 rings (SSSR count). The standard InChI is InChI=1S/C19H20F6O2/c1-10-2-4-11(5-3-10)13-8-14(20)17(26-9-13)12-6-15(21)18(16(22)7-12)27-19(23,24)25/h6-7,10-11,13H,2-5,8-9H2,1H3. The van der Waals surface area contributed by atoms with Crippen molar-refractivity contribution < 1.29 is 35.8 Å². The summed E-state index contributed by atoms with van der Waals surface area (Å²) in [6.45, 7) is 2.40. The highest BCUT2D eigenvalue weighted by Crippen LogP contribution is 2.41. The van der Waals surface area contributed by atoms with Crippen LogP contribution >= 0.6 is 0 Å². The van der Waals surface area contributed by atoms with Crippen LogP contribution in [-0.2, 0) is 4.74 Å². The monoisotopic (exact) mass is 394 g/mol. The highest BCUT2D eigenvalue weighted by atomic mass is 19.4. The third-order valence-electron chi connectivity index (χ3n) is 5.33. The quantitative estimate of drug-likeness (QED) is 0.555. The number of benzene rings is 1. The summed E-state index contributed by atoms with van der Waals surface area (Å²) in [7, 11) is 0. The Balaban J connectivity index is 1.77. The van der Waals surface area contributed by atoms with Crippen LogP contribution in [0.15, 0.2) is 18.0 Å². The first-order valence-corrected chi connectivity index (χ1v) is 8.90. The molecule has 1 aromatic carbocycles. The summed E-state index contributed by atoms with van der Waals surface area (Å²) in [6.07, 6.45) is -1.000. The molecule has 27 heavy (non-hydrogen) atoms. The van der Waals surface area contributed by atoms with Crippen LogP contribution in [0.2, 0.25) is 0 Å². The van der Waals surface area contributed by atoms with E-state index in [4.69, 9.17) is 4.74 Å². The Morgan fingerprint density at radius 2 is 1.56 bits per heavy atom. The molecular weight excluding hydrogens is 374 g/mol. The first-order valence-electron chi connectivity index (χ1n) is 8.90. The summed E-state index contributed by atoms with van der Waals surface area (Å²) in [5, 5.41) is 0. The molecule has 1 aliphatic carbocycles. The van der Waals surface area contributed by atoms with Crippen molar-refractivity contribution in [3.8, 4) is 5.75 Å². The molecule has 1 aliphatic heterocycles. The summed E-state index contributed by atoms with van der Waals surface area (Å²) >= 11 is 0. The Bertz CT molecular complexity index is 696. The van der Waals surface area contributed by atoms with Gasteiger partial charge in [0.15, 0.2) is 17.4 Å². The molecule has 0 spiro atoms. The number of rotatable bonds is 3. The van der Waals surface area contributed by atoms with Crippen LogP contribution in [0.5, 0.6) is 5.75 Å². The topological polar surface area (TPSA) is 18.5 Å². The van der Waals surface area contributed by atoms with Crippen molar-refractivity contribution in [1.29, 1.82) is 0 Å². The van der Waals surface area contributed by atoms with Crippen LogP contribution in [0, 0.1) is 29.4 Å². The number of alkyl halides is 3. The van der Waals surface area contributed by atoms with E-state index in [0.29, 0.717) is 24.0 Å². The summed E-state index contributed by atoms with van der Waals surface area (Å²) < 4.78 is 87.7. The summed E-state index contributed by atoms with van der Waals surface area (Å²) in [5.41, 5.74) is -0.284. The molecule has 1 atom stereocenters. The smallest absolute Gasteiger partial charge is 0.490 e. The van der Waals surface area contributed by atoms with Gasteiger partial charge in [0.2, 0.25) is 5.75 Å². The maximum absolute atomic E-state index is 14.5. The third kappa shape index (κ3) is 4.71. The maximum atomic E-state index is 14.5. The van der Waals surface area contributed by atoms with E-state index in [2.05, 4.69) is 11.7 Å². The molecule has 1 heterocycles. The minimum absolute atomic E-state index is 0.0104. The van der Waals surface area contributed by atoms with Gasteiger partial charge in [-0.15, -0.1) is 13.2 Å². The van der Waals surface area contributed by atoms with Gasteiger partial charge in [-0.05, 0) is 36.8 Å². The third-order valence-corrected chi connectivity index (χ3v) is 5.33. The van der Waals surface area contributed by atoms with Crippen LogP contribution in [0.25, 0.3) is 5.76 Å². The van der Waals surface area contributed by atoms with Crippen molar-refractivity contribution in [1.82, 2.24) is 0 Å². The molecule has 8 heteroatoms. The van der Waals surface area contributed by atoms with Gasteiger partial charge >= 0.3 is 6.36 Å². The molecule has 0 bridgehead atoms. The van der Waals surface area contributed by atoms with Gasteiger partial charge in [-0.2, -0.15) is 0 Å². The lowest BCUT2D eigenvalue weighted by molar-refractivity contribution is -0.276. The van der Waals surface area contributed by atoms with Gasteiger partial charge in [-0.3, -0.25) is 0 Å². The fourth-order valence-electron chi connectivity index (χ4n) is 3.85. The second-order valence-corrected chi connectivity index (χ2v) is 7.35. The number of allylic oxidation sites excluding steroid dienone is 1. The van der Waals surface area contributed by atoms with E-state index in [9.17, 15) is 26.3 Å². The first kappa shape index (κ1) is 19.9. The lowest BCUT2D eigenvalue weighted by Gasteiger charge is -2.35. The van der Waals surface area contributed by atoms with Crippen molar-refractivity contribution in [3.63, 3.8) is 0 Å². The van der Waals surface area contributed by atoms with E-state index in [0.717, 1.165) is 25.7 Å². The minimum atomic E-state index is -5.24. The predicted octanol–water partition coefficient (Wildman–Crippen LogP) is 6.36. The second kappa shape index (κ2) is 7.64. The molecule has 0 aromatic heterocycles. The van der Waals surface area contributed by atoms with Gasteiger partial charge in [-0.1, -0.05) is 19.8 Å². The number of hydrogen-bond donors (Lipinski definition) is 0. The van der Waals surface area contributed by atoms with Crippen molar-refractivity contribution in [2.45, 2.75) is 45.4 Å². The normalized spacial score (nSPS) is 26.7. The molecule has 1 aromatic rings. The highest BCUT2D eigenvalue weighted by Gasteiger charge is 2.35. The fraction of sp³-hybridized carbons (Fsp3) is 0.579. The minimum Gasteiger partial charge on any atom is -0.490 e. The average Bonchev–Trinajstić information content (AvgIpc) is 2.58. The summed E-state index contributed by atoms with van der Waals surface area (Å²) in [5.74, 6) is -4.71. The largest absolute Gasteiger partial charge is 0.573 e. The Morgan fingerprint density at radius 3 is 2.07 bits per heavy atom. The van der Waals surface area contributed by atoms with E-state index >= 15 is 0 Å².